The number of rotatable bonds is 4. The van der Waals surface area contributed by atoms with E-state index in [9.17, 15) is 4.79 Å². The maximum Gasteiger partial charge on any atom is 0.306 e. The number of hydrogen-bond acceptors (Lipinski definition) is 3. The van der Waals surface area contributed by atoms with Crippen LogP contribution in [-0.4, -0.2) is 18.2 Å². The highest BCUT2D eigenvalue weighted by molar-refractivity contribution is 5.73. The summed E-state index contributed by atoms with van der Waals surface area (Å²) in [7, 11) is 1.65. The second kappa shape index (κ2) is 4.85. The van der Waals surface area contributed by atoms with Crippen LogP contribution in [0.15, 0.2) is 6.07 Å². The molecule has 0 radical (unpaired) electrons. The highest BCUT2D eigenvalue weighted by Gasteiger charge is 2.47. The Bertz CT molecular complexity index is 525. The fourth-order valence-electron chi connectivity index (χ4n) is 2.90. The topological polar surface area (TPSA) is 72.5 Å². The molecule has 0 aromatic heterocycles. The van der Waals surface area contributed by atoms with Crippen molar-refractivity contribution in [2.45, 2.75) is 33.2 Å². The Kier molecular flexibility index (Phi) is 3.54. The lowest BCUT2D eigenvalue weighted by atomic mass is 9.90. The molecular weight excluding hydrogens is 242 g/mol. The first-order chi connectivity index (χ1) is 8.88. The van der Waals surface area contributed by atoms with Gasteiger partial charge in [-0.15, -0.1) is 0 Å². The van der Waals surface area contributed by atoms with Gasteiger partial charge in [-0.3, -0.25) is 4.79 Å². The van der Waals surface area contributed by atoms with Gasteiger partial charge in [0.25, 0.3) is 0 Å². The third-order valence-corrected chi connectivity index (χ3v) is 4.28. The van der Waals surface area contributed by atoms with Crippen LogP contribution in [0.2, 0.25) is 0 Å². The molecule has 3 N–H and O–H groups in total. The van der Waals surface area contributed by atoms with Gasteiger partial charge >= 0.3 is 5.97 Å². The van der Waals surface area contributed by atoms with Gasteiger partial charge < -0.3 is 15.6 Å². The molecule has 1 aliphatic rings. The number of carbonyl (C=O) groups is 1. The number of hydrogen-bond donors (Lipinski definition) is 2. The minimum Gasteiger partial charge on any atom is -0.496 e. The van der Waals surface area contributed by atoms with Crippen molar-refractivity contribution in [3.8, 4) is 5.75 Å². The summed E-state index contributed by atoms with van der Waals surface area (Å²) in [6.07, 6.45) is 0.681. The molecule has 0 spiro atoms. The number of ether oxygens (including phenoxy) is 1. The van der Waals surface area contributed by atoms with Crippen LogP contribution >= 0.6 is 0 Å². The first-order valence-corrected chi connectivity index (χ1v) is 6.51. The molecule has 19 heavy (non-hydrogen) atoms. The van der Waals surface area contributed by atoms with E-state index >= 15 is 0 Å². The maximum absolute atomic E-state index is 11.0. The highest BCUT2D eigenvalue weighted by atomic mass is 16.5. The quantitative estimate of drug-likeness (QED) is 0.874. The van der Waals surface area contributed by atoms with Crippen molar-refractivity contribution in [2.24, 2.45) is 17.6 Å². The van der Waals surface area contributed by atoms with Gasteiger partial charge in [-0.2, -0.15) is 0 Å². The first kappa shape index (κ1) is 13.9. The molecule has 1 fully saturated rings. The van der Waals surface area contributed by atoms with Crippen LogP contribution in [0.5, 0.6) is 5.75 Å². The monoisotopic (exact) mass is 263 g/mol. The average Bonchev–Trinajstić information content (AvgIpc) is 3.13. The van der Waals surface area contributed by atoms with Crippen molar-refractivity contribution in [2.75, 3.05) is 7.11 Å². The van der Waals surface area contributed by atoms with Crippen LogP contribution in [0.3, 0.4) is 0 Å². The smallest absolute Gasteiger partial charge is 0.306 e. The predicted octanol–water partition coefficient (Wildman–Crippen LogP) is 2.34. The summed E-state index contributed by atoms with van der Waals surface area (Å²) in [6, 6.07) is 1.78. The van der Waals surface area contributed by atoms with Crippen molar-refractivity contribution < 1.29 is 14.6 Å². The van der Waals surface area contributed by atoms with Crippen molar-refractivity contribution in [1.29, 1.82) is 0 Å². The number of aryl methyl sites for hydroxylation is 1. The second-order valence-corrected chi connectivity index (χ2v) is 5.43. The lowest BCUT2D eigenvalue weighted by Gasteiger charge is -2.21. The molecule has 1 saturated carbocycles. The molecule has 1 aromatic rings. The zero-order valence-corrected chi connectivity index (χ0v) is 11.9. The molecule has 4 nitrogen and oxygen atoms in total. The van der Waals surface area contributed by atoms with E-state index in [1.807, 2.05) is 26.8 Å². The molecule has 4 heteroatoms. The largest absolute Gasteiger partial charge is 0.496 e. The molecule has 3 unspecified atom stereocenters. The van der Waals surface area contributed by atoms with E-state index in [2.05, 4.69) is 0 Å². The molecule has 1 aromatic carbocycles. The lowest BCUT2D eigenvalue weighted by Crippen LogP contribution is -2.19. The summed E-state index contributed by atoms with van der Waals surface area (Å²) in [5.74, 6) is -0.101. The highest BCUT2D eigenvalue weighted by Crippen LogP contribution is 2.48. The second-order valence-electron chi connectivity index (χ2n) is 5.43. The molecule has 0 heterocycles. The summed E-state index contributed by atoms with van der Waals surface area (Å²) in [5.41, 5.74) is 10.6. The number of benzene rings is 1. The number of methoxy groups -OCH3 is 1. The van der Waals surface area contributed by atoms with E-state index in [4.69, 9.17) is 15.6 Å². The van der Waals surface area contributed by atoms with E-state index in [-0.39, 0.29) is 17.9 Å². The number of carboxylic acids is 1. The van der Waals surface area contributed by atoms with Gasteiger partial charge in [-0.1, -0.05) is 0 Å². The van der Waals surface area contributed by atoms with Gasteiger partial charge in [0, 0.05) is 6.04 Å². The van der Waals surface area contributed by atoms with Crippen molar-refractivity contribution >= 4 is 5.97 Å². The Balaban J connectivity index is 2.36. The Labute approximate surface area is 113 Å². The fraction of sp³-hybridized carbons (Fsp3) is 0.533. The molecule has 2 rings (SSSR count). The van der Waals surface area contributed by atoms with Gasteiger partial charge in [0.1, 0.15) is 5.75 Å². The lowest BCUT2D eigenvalue weighted by molar-refractivity contribution is -0.138. The van der Waals surface area contributed by atoms with Gasteiger partial charge in [0.2, 0.25) is 0 Å². The zero-order chi connectivity index (χ0) is 14.3. The Morgan fingerprint density at radius 1 is 1.42 bits per heavy atom. The molecule has 0 aliphatic heterocycles. The fourth-order valence-corrected chi connectivity index (χ4v) is 2.90. The van der Waals surface area contributed by atoms with Crippen LogP contribution in [0.1, 0.15) is 34.7 Å². The Hall–Kier alpha value is -1.55. The van der Waals surface area contributed by atoms with Crippen LogP contribution in [0, 0.1) is 32.6 Å². The maximum atomic E-state index is 11.0. The number of aliphatic carboxylic acids is 1. The van der Waals surface area contributed by atoms with Crippen molar-refractivity contribution in [3.63, 3.8) is 0 Å². The normalized spacial score (nSPS) is 23.0. The standard InChI is InChI=1S/C15H21NO3/c1-7-5-12(19-4)8(2)9(3)13(7)14(16)10-6-11(10)15(17)18/h5,10-11,14H,6,16H2,1-4H3,(H,17,18). The minimum atomic E-state index is -0.735. The van der Waals surface area contributed by atoms with E-state index in [0.29, 0.717) is 6.42 Å². The van der Waals surface area contributed by atoms with E-state index in [0.717, 1.165) is 28.0 Å². The van der Waals surface area contributed by atoms with Crippen molar-refractivity contribution in [3.05, 3.63) is 28.3 Å². The third kappa shape index (κ3) is 2.32. The SMILES string of the molecule is COc1cc(C)c(C(N)C2CC2C(=O)O)c(C)c1C. The van der Waals surface area contributed by atoms with Crippen LogP contribution in [-0.2, 0) is 4.79 Å². The summed E-state index contributed by atoms with van der Waals surface area (Å²) in [5, 5.41) is 9.02. The van der Waals surface area contributed by atoms with E-state index < -0.39 is 5.97 Å². The van der Waals surface area contributed by atoms with Crippen molar-refractivity contribution in [1.82, 2.24) is 0 Å². The molecule has 1 aliphatic carbocycles. The van der Waals surface area contributed by atoms with Gasteiger partial charge in [0.15, 0.2) is 0 Å². The molecule has 0 amide bonds. The Morgan fingerprint density at radius 3 is 2.53 bits per heavy atom. The third-order valence-electron chi connectivity index (χ3n) is 4.28. The van der Waals surface area contributed by atoms with Gasteiger partial charge in [0.05, 0.1) is 13.0 Å². The minimum absolute atomic E-state index is 0.0581. The first-order valence-electron chi connectivity index (χ1n) is 6.51. The number of carboxylic acid groups (broad SMARTS) is 1. The van der Waals surface area contributed by atoms with Gasteiger partial charge in [-0.05, 0) is 61.4 Å². The average molecular weight is 263 g/mol. The van der Waals surface area contributed by atoms with Crippen LogP contribution in [0.4, 0.5) is 0 Å². The summed E-state index contributed by atoms with van der Waals surface area (Å²) in [4.78, 5) is 11.0. The summed E-state index contributed by atoms with van der Waals surface area (Å²) < 4.78 is 5.34. The van der Waals surface area contributed by atoms with Crippen LogP contribution < -0.4 is 10.5 Å². The van der Waals surface area contributed by atoms with Crippen LogP contribution in [0.25, 0.3) is 0 Å². The molecular formula is C15H21NO3. The molecule has 3 atom stereocenters. The summed E-state index contributed by atoms with van der Waals surface area (Å²) in [6.45, 7) is 6.03. The molecule has 0 saturated heterocycles. The number of nitrogens with two attached hydrogens (primary N) is 1. The predicted molar refractivity (Wildman–Crippen MR) is 73.4 cm³/mol. The van der Waals surface area contributed by atoms with E-state index in [1.165, 1.54) is 0 Å². The Morgan fingerprint density at radius 2 is 2.05 bits per heavy atom. The summed E-state index contributed by atoms with van der Waals surface area (Å²) >= 11 is 0. The molecule has 104 valence electrons. The molecule has 0 bridgehead atoms. The van der Waals surface area contributed by atoms with Gasteiger partial charge in [-0.25, -0.2) is 0 Å². The zero-order valence-electron chi connectivity index (χ0n) is 11.9. The van der Waals surface area contributed by atoms with E-state index in [1.54, 1.807) is 7.11 Å².